The lowest BCUT2D eigenvalue weighted by molar-refractivity contribution is -0.384. The molecule has 10 heteroatoms. The van der Waals surface area contributed by atoms with Gasteiger partial charge in [0.05, 0.1) is 16.3 Å². The fraction of sp³-hybridized carbons (Fsp3) is 0.438. The summed E-state index contributed by atoms with van der Waals surface area (Å²) in [5.74, 6) is 0.321. The largest absolute Gasteiger partial charge is 0.351 e. The molecule has 1 amide bonds. The highest BCUT2D eigenvalue weighted by Crippen LogP contribution is 2.18. The lowest BCUT2D eigenvalue weighted by atomic mass is 10.1. The van der Waals surface area contributed by atoms with E-state index < -0.39 is 4.92 Å². The number of carbonyl (C=O) groups is 1. The van der Waals surface area contributed by atoms with Crippen molar-refractivity contribution in [3.8, 4) is 5.69 Å². The lowest BCUT2D eigenvalue weighted by Crippen LogP contribution is -2.27. The van der Waals surface area contributed by atoms with Crippen LogP contribution in [-0.4, -0.2) is 45.5 Å². The molecule has 1 aliphatic heterocycles. The van der Waals surface area contributed by atoms with E-state index in [2.05, 4.69) is 20.9 Å². The Hall–Kier alpha value is -2.52. The minimum absolute atomic E-state index is 0. The molecule has 3 rings (SSSR count). The van der Waals surface area contributed by atoms with Crippen LogP contribution < -0.4 is 10.6 Å². The van der Waals surface area contributed by atoms with E-state index >= 15 is 0 Å². The summed E-state index contributed by atoms with van der Waals surface area (Å²) in [7, 11) is 0. The highest BCUT2D eigenvalue weighted by molar-refractivity contribution is 5.93. The first-order chi connectivity index (χ1) is 12.1. The number of amides is 1. The topological polar surface area (TPSA) is 115 Å². The van der Waals surface area contributed by atoms with Crippen LogP contribution in [0.4, 0.5) is 5.69 Å². The summed E-state index contributed by atoms with van der Waals surface area (Å²) in [5, 5.41) is 25.0. The van der Waals surface area contributed by atoms with Crippen molar-refractivity contribution in [2.75, 3.05) is 19.6 Å². The van der Waals surface area contributed by atoms with Gasteiger partial charge in [0.25, 0.3) is 11.6 Å². The van der Waals surface area contributed by atoms with Crippen molar-refractivity contribution < 1.29 is 9.72 Å². The van der Waals surface area contributed by atoms with Crippen molar-refractivity contribution in [1.82, 2.24) is 25.6 Å². The molecule has 1 atom stereocenters. The van der Waals surface area contributed by atoms with Crippen molar-refractivity contribution in [2.45, 2.75) is 19.8 Å². The molecule has 1 fully saturated rings. The summed E-state index contributed by atoms with van der Waals surface area (Å²) in [6.45, 7) is 4.34. The molecule has 1 saturated heterocycles. The van der Waals surface area contributed by atoms with Crippen LogP contribution in [0.5, 0.6) is 0 Å². The number of hydrogen-bond donors (Lipinski definition) is 2. The SMILES string of the molecule is Cc1c(C(=O)NCCC2CCNC2)nnn1-c1cccc([N+](=O)[O-])c1.Cl. The number of non-ortho nitro benzene ring substituents is 1. The number of nitro benzene ring substituents is 1. The van der Waals surface area contributed by atoms with Crippen molar-refractivity contribution in [1.29, 1.82) is 0 Å². The number of halogens is 1. The minimum atomic E-state index is -0.471. The second kappa shape index (κ2) is 8.72. The molecule has 0 saturated carbocycles. The Morgan fingerprint density at radius 3 is 3.00 bits per heavy atom. The summed E-state index contributed by atoms with van der Waals surface area (Å²) in [4.78, 5) is 22.7. The van der Waals surface area contributed by atoms with E-state index in [-0.39, 0.29) is 29.7 Å². The first kappa shape index (κ1) is 19.8. The number of hydrogen-bond acceptors (Lipinski definition) is 6. The number of nitrogens with zero attached hydrogens (tertiary/aromatic N) is 4. The molecule has 2 aromatic rings. The molecular formula is C16H21ClN6O3. The molecule has 1 unspecified atom stereocenters. The monoisotopic (exact) mass is 380 g/mol. The maximum absolute atomic E-state index is 12.3. The van der Waals surface area contributed by atoms with Gasteiger partial charge >= 0.3 is 0 Å². The molecule has 9 nitrogen and oxygen atoms in total. The van der Waals surface area contributed by atoms with Gasteiger partial charge < -0.3 is 10.6 Å². The predicted octanol–water partition coefficient (Wildman–Crippen LogP) is 1.64. The molecule has 1 aromatic carbocycles. The number of carbonyl (C=O) groups excluding carboxylic acids is 1. The third-order valence-corrected chi connectivity index (χ3v) is 4.40. The average Bonchev–Trinajstić information content (AvgIpc) is 3.24. The van der Waals surface area contributed by atoms with Crippen molar-refractivity contribution >= 4 is 24.0 Å². The lowest BCUT2D eigenvalue weighted by Gasteiger charge is -2.08. The number of nitro groups is 1. The van der Waals surface area contributed by atoms with Crippen LogP contribution in [0.2, 0.25) is 0 Å². The Morgan fingerprint density at radius 2 is 2.31 bits per heavy atom. The minimum Gasteiger partial charge on any atom is -0.351 e. The van der Waals surface area contributed by atoms with Crippen LogP contribution in [-0.2, 0) is 0 Å². The number of benzene rings is 1. The molecule has 1 aliphatic rings. The highest BCUT2D eigenvalue weighted by atomic mass is 35.5. The summed E-state index contributed by atoms with van der Waals surface area (Å²) < 4.78 is 1.43. The Kier molecular flexibility index (Phi) is 6.64. The van der Waals surface area contributed by atoms with Crippen molar-refractivity contribution in [3.63, 3.8) is 0 Å². The van der Waals surface area contributed by atoms with Crippen LogP contribution in [0.15, 0.2) is 24.3 Å². The molecule has 2 heterocycles. The highest BCUT2D eigenvalue weighted by Gasteiger charge is 2.19. The fourth-order valence-electron chi connectivity index (χ4n) is 2.96. The van der Waals surface area contributed by atoms with Crippen LogP contribution in [0.25, 0.3) is 5.69 Å². The summed E-state index contributed by atoms with van der Waals surface area (Å²) in [5.41, 5.74) is 1.23. The van der Waals surface area contributed by atoms with E-state index in [0.29, 0.717) is 23.8 Å². The van der Waals surface area contributed by atoms with E-state index in [1.807, 2.05) is 0 Å². The van der Waals surface area contributed by atoms with E-state index in [4.69, 9.17) is 0 Å². The van der Waals surface area contributed by atoms with Gasteiger partial charge in [0, 0.05) is 18.7 Å². The second-order valence-electron chi connectivity index (χ2n) is 6.12. The summed E-state index contributed by atoms with van der Waals surface area (Å²) >= 11 is 0. The fourth-order valence-corrected chi connectivity index (χ4v) is 2.96. The zero-order chi connectivity index (χ0) is 17.8. The Morgan fingerprint density at radius 1 is 1.50 bits per heavy atom. The smallest absolute Gasteiger partial charge is 0.273 e. The Balaban J connectivity index is 0.00000243. The predicted molar refractivity (Wildman–Crippen MR) is 97.9 cm³/mol. The van der Waals surface area contributed by atoms with Gasteiger partial charge in [0.2, 0.25) is 0 Å². The molecule has 0 bridgehead atoms. The quantitative estimate of drug-likeness (QED) is 0.581. The normalized spacial score (nSPS) is 16.1. The maximum Gasteiger partial charge on any atom is 0.273 e. The molecule has 140 valence electrons. The van der Waals surface area contributed by atoms with Gasteiger partial charge in [-0.2, -0.15) is 0 Å². The molecule has 1 aromatic heterocycles. The van der Waals surface area contributed by atoms with Gasteiger partial charge in [-0.3, -0.25) is 14.9 Å². The average molecular weight is 381 g/mol. The number of nitrogens with one attached hydrogen (secondary N) is 2. The van der Waals surface area contributed by atoms with Gasteiger partial charge in [-0.25, -0.2) is 4.68 Å². The van der Waals surface area contributed by atoms with Gasteiger partial charge in [-0.1, -0.05) is 11.3 Å². The molecule has 26 heavy (non-hydrogen) atoms. The van der Waals surface area contributed by atoms with Crippen molar-refractivity contribution in [2.24, 2.45) is 5.92 Å². The standard InChI is InChI=1S/C16H20N6O3.ClH/c1-11-15(16(23)18-8-6-12-5-7-17-10-12)19-20-21(11)13-3-2-4-14(9-13)22(24)25;/h2-4,9,12,17H,5-8,10H2,1H3,(H,18,23);1H. The Labute approximate surface area is 156 Å². The van der Waals surface area contributed by atoms with E-state index in [1.54, 1.807) is 19.1 Å². The van der Waals surface area contributed by atoms with E-state index in [9.17, 15) is 14.9 Å². The first-order valence-corrected chi connectivity index (χ1v) is 8.22. The second-order valence-corrected chi connectivity index (χ2v) is 6.12. The van der Waals surface area contributed by atoms with Crippen LogP contribution in [0.1, 0.15) is 29.0 Å². The molecular weight excluding hydrogens is 360 g/mol. The molecule has 0 spiro atoms. The van der Waals surface area contributed by atoms with Gasteiger partial charge in [0.1, 0.15) is 0 Å². The van der Waals surface area contributed by atoms with Crippen molar-refractivity contribution in [3.05, 3.63) is 45.8 Å². The number of aromatic nitrogens is 3. The summed E-state index contributed by atoms with van der Waals surface area (Å²) in [6.07, 6.45) is 2.06. The summed E-state index contributed by atoms with van der Waals surface area (Å²) in [6, 6.07) is 6.06. The third kappa shape index (κ3) is 4.36. The maximum atomic E-state index is 12.3. The molecule has 0 radical (unpaired) electrons. The van der Waals surface area contributed by atoms with Crippen LogP contribution in [0.3, 0.4) is 0 Å². The molecule has 0 aliphatic carbocycles. The van der Waals surface area contributed by atoms with E-state index in [0.717, 1.165) is 25.9 Å². The van der Waals surface area contributed by atoms with Crippen LogP contribution >= 0.6 is 12.4 Å². The number of rotatable bonds is 6. The van der Waals surface area contributed by atoms with Gasteiger partial charge in [-0.15, -0.1) is 17.5 Å². The van der Waals surface area contributed by atoms with Gasteiger partial charge in [0.15, 0.2) is 5.69 Å². The van der Waals surface area contributed by atoms with Gasteiger partial charge in [-0.05, 0) is 44.8 Å². The van der Waals surface area contributed by atoms with E-state index in [1.165, 1.54) is 16.8 Å². The zero-order valence-electron chi connectivity index (χ0n) is 14.3. The zero-order valence-corrected chi connectivity index (χ0v) is 15.2. The Bertz CT molecular complexity index is 788. The third-order valence-electron chi connectivity index (χ3n) is 4.40. The molecule has 2 N–H and O–H groups in total. The first-order valence-electron chi connectivity index (χ1n) is 8.22. The van der Waals surface area contributed by atoms with Crippen LogP contribution in [0, 0.1) is 23.0 Å².